The summed E-state index contributed by atoms with van der Waals surface area (Å²) in [5.41, 5.74) is 4.55. The average molecular weight is 445 g/mol. The van der Waals surface area contributed by atoms with Crippen LogP contribution in [0.15, 0.2) is 48.5 Å². The van der Waals surface area contributed by atoms with Crippen molar-refractivity contribution in [2.45, 2.75) is 39.3 Å². The van der Waals surface area contributed by atoms with Crippen LogP contribution in [0.4, 0.5) is 0 Å². The van der Waals surface area contributed by atoms with E-state index >= 15 is 0 Å². The molecule has 31 heavy (non-hydrogen) atoms. The molecule has 0 saturated carbocycles. The van der Waals surface area contributed by atoms with Crippen LogP contribution >= 0.6 is 11.6 Å². The van der Waals surface area contributed by atoms with Crippen LogP contribution in [0.2, 0.25) is 5.15 Å². The number of aryl methyl sites for hydroxylation is 1. The van der Waals surface area contributed by atoms with Crippen LogP contribution in [0.1, 0.15) is 36.8 Å². The van der Waals surface area contributed by atoms with E-state index in [1.165, 1.54) is 0 Å². The molecule has 0 amide bonds. The van der Waals surface area contributed by atoms with E-state index in [-0.39, 0.29) is 29.7 Å². The van der Waals surface area contributed by atoms with Crippen molar-refractivity contribution in [1.82, 2.24) is 30.2 Å². The number of unbranched alkanes of at least 4 members (excludes halogenated alkanes) is 1. The SMILES string of the molecule is CCCCc1nc(Cl)c(C[O-])n1Cc1ccc(-c2ccccc2-c2nnn[n-]2)cc1.[Mg+2]. The normalized spacial score (nSPS) is 10.8. The smallest absolute Gasteiger partial charge is 0.850 e. The van der Waals surface area contributed by atoms with E-state index in [4.69, 9.17) is 11.6 Å². The Labute approximate surface area is 202 Å². The van der Waals surface area contributed by atoms with Crippen LogP contribution in [0.5, 0.6) is 0 Å². The molecule has 4 aromatic rings. The third-order valence-corrected chi connectivity index (χ3v) is 5.39. The topological polar surface area (TPSA) is 93.7 Å². The average Bonchev–Trinajstić information content (AvgIpc) is 3.41. The fourth-order valence-electron chi connectivity index (χ4n) is 3.51. The van der Waals surface area contributed by atoms with Crippen LogP contribution in [0.3, 0.4) is 0 Å². The van der Waals surface area contributed by atoms with Crippen LogP contribution in [-0.2, 0) is 19.6 Å². The number of benzene rings is 2. The summed E-state index contributed by atoms with van der Waals surface area (Å²) in [5.74, 6) is 1.37. The molecule has 4 rings (SSSR count). The summed E-state index contributed by atoms with van der Waals surface area (Å²) in [5, 5.41) is 27.1. The Morgan fingerprint density at radius 2 is 1.81 bits per heavy atom. The molecule has 2 aromatic carbocycles. The summed E-state index contributed by atoms with van der Waals surface area (Å²) in [6, 6.07) is 16.1. The van der Waals surface area contributed by atoms with Crippen molar-refractivity contribution < 1.29 is 5.11 Å². The third-order valence-electron chi connectivity index (χ3n) is 5.09. The number of aromatic nitrogens is 6. The summed E-state index contributed by atoms with van der Waals surface area (Å²) in [7, 11) is 0. The molecule has 0 aliphatic carbocycles. The quantitative estimate of drug-likeness (QED) is 0.388. The van der Waals surface area contributed by atoms with Crippen molar-refractivity contribution in [3.63, 3.8) is 0 Å². The van der Waals surface area contributed by atoms with Crippen LogP contribution in [0.25, 0.3) is 22.5 Å². The predicted octanol–water partition coefficient (Wildman–Crippen LogP) is 2.88. The van der Waals surface area contributed by atoms with Gasteiger partial charge in [0, 0.05) is 24.5 Å². The molecule has 0 aliphatic rings. The van der Waals surface area contributed by atoms with Gasteiger partial charge in [-0.3, -0.25) is 10.3 Å². The summed E-state index contributed by atoms with van der Waals surface area (Å²) in [4.78, 5) is 4.42. The number of nitrogens with zero attached hydrogens (tertiary/aromatic N) is 6. The summed E-state index contributed by atoms with van der Waals surface area (Å²) >= 11 is 6.21. The minimum absolute atomic E-state index is 0. The largest absolute Gasteiger partial charge is 2.00 e. The minimum Gasteiger partial charge on any atom is -0.850 e. The van der Waals surface area contributed by atoms with Gasteiger partial charge in [0.2, 0.25) is 0 Å². The van der Waals surface area contributed by atoms with Gasteiger partial charge in [-0.25, -0.2) is 4.98 Å². The molecular formula is C22H21ClMgN6O. The number of hydrogen-bond donors (Lipinski definition) is 0. The Bertz CT molecular complexity index is 1110. The molecule has 2 heterocycles. The first-order valence-electron chi connectivity index (χ1n) is 9.90. The van der Waals surface area contributed by atoms with Gasteiger partial charge in [0.15, 0.2) is 0 Å². The van der Waals surface area contributed by atoms with Crippen LogP contribution in [0, 0.1) is 0 Å². The van der Waals surface area contributed by atoms with Crippen molar-refractivity contribution in [2.75, 3.05) is 0 Å². The monoisotopic (exact) mass is 444 g/mol. The van der Waals surface area contributed by atoms with Crippen molar-refractivity contribution >= 4 is 34.7 Å². The van der Waals surface area contributed by atoms with E-state index in [1.807, 2.05) is 28.8 Å². The molecular weight excluding hydrogens is 424 g/mol. The van der Waals surface area contributed by atoms with Gasteiger partial charge in [0.25, 0.3) is 0 Å². The van der Waals surface area contributed by atoms with Gasteiger partial charge in [0.1, 0.15) is 11.0 Å². The van der Waals surface area contributed by atoms with Crippen molar-refractivity contribution in [3.05, 3.63) is 70.8 Å². The number of imidazole rings is 1. The van der Waals surface area contributed by atoms with E-state index in [0.717, 1.165) is 47.3 Å². The Morgan fingerprint density at radius 3 is 2.45 bits per heavy atom. The zero-order valence-electron chi connectivity index (χ0n) is 17.3. The van der Waals surface area contributed by atoms with Gasteiger partial charge in [-0.1, -0.05) is 80.1 Å². The summed E-state index contributed by atoms with van der Waals surface area (Å²) in [6.45, 7) is 2.32. The molecule has 0 saturated heterocycles. The van der Waals surface area contributed by atoms with Gasteiger partial charge in [-0.05, 0) is 28.7 Å². The second-order valence-corrected chi connectivity index (χ2v) is 7.40. The molecule has 0 spiro atoms. The van der Waals surface area contributed by atoms with Gasteiger partial charge >= 0.3 is 23.1 Å². The van der Waals surface area contributed by atoms with Crippen molar-refractivity contribution in [2.24, 2.45) is 0 Å². The zero-order chi connectivity index (χ0) is 20.9. The third kappa shape index (κ3) is 5.15. The molecule has 0 fully saturated rings. The second-order valence-electron chi connectivity index (χ2n) is 7.04. The Hall–Kier alpha value is -2.26. The Kier molecular flexibility index (Phi) is 8.19. The Balaban J connectivity index is 0.00000272. The molecule has 154 valence electrons. The van der Waals surface area contributed by atoms with Crippen molar-refractivity contribution in [1.29, 1.82) is 0 Å². The van der Waals surface area contributed by atoms with E-state index < -0.39 is 0 Å². The summed E-state index contributed by atoms with van der Waals surface area (Å²) in [6.07, 6.45) is 2.88. The second kappa shape index (κ2) is 10.9. The van der Waals surface area contributed by atoms with E-state index in [0.29, 0.717) is 23.2 Å². The maximum Gasteiger partial charge on any atom is 2.00 e. The Morgan fingerprint density at radius 1 is 1.06 bits per heavy atom. The number of rotatable bonds is 8. The van der Waals surface area contributed by atoms with Crippen molar-refractivity contribution in [3.8, 4) is 22.5 Å². The molecule has 0 radical (unpaired) electrons. The fourth-order valence-corrected chi connectivity index (χ4v) is 3.76. The molecule has 9 heteroatoms. The van der Waals surface area contributed by atoms with E-state index in [9.17, 15) is 5.11 Å². The van der Waals surface area contributed by atoms with Gasteiger partial charge in [-0.2, -0.15) is 5.21 Å². The predicted molar refractivity (Wildman–Crippen MR) is 118 cm³/mol. The fraction of sp³-hybridized carbons (Fsp3) is 0.273. The molecule has 2 aromatic heterocycles. The number of tetrazole rings is 1. The maximum atomic E-state index is 11.7. The standard InChI is InChI=1S/C22H21ClN6O.Mg/c1-2-3-8-20-24-21(23)19(14-30)29(20)13-15-9-11-16(12-10-15)17-6-4-5-7-18(17)22-25-27-28-26-22;/h4-7,9-12H,2-3,8,13-14H2,1H3;/q-2;+2. The zero-order valence-corrected chi connectivity index (χ0v) is 19.5. The van der Waals surface area contributed by atoms with Gasteiger partial charge in [-0.15, -0.1) is 0 Å². The summed E-state index contributed by atoms with van der Waals surface area (Å²) < 4.78 is 1.96. The van der Waals surface area contributed by atoms with Crippen LogP contribution < -0.4 is 10.2 Å². The minimum atomic E-state index is -0.384. The number of hydrogen-bond acceptors (Lipinski definition) is 5. The first-order chi connectivity index (χ1) is 14.7. The first kappa shape index (κ1) is 23.4. The first-order valence-corrected chi connectivity index (χ1v) is 10.3. The molecule has 0 atom stereocenters. The maximum absolute atomic E-state index is 11.7. The van der Waals surface area contributed by atoms with E-state index in [2.05, 4.69) is 56.8 Å². The molecule has 0 N–H and O–H groups in total. The van der Waals surface area contributed by atoms with E-state index in [1.54, 1.807) is 0 Å². The molecule has 0 aliphatic heterocycles. The molecule has 7 nitrogen and oxygen atoms in total. The number of halogens is 1. The van der Waals surface area contributed by atoms with Crippen LogP contribution in [-0.4, -0.2) is 48.1 Å². The molecule has 0 bridgehead atoms. The van der Waals surface area contributed by atoms with Gasteiger partial charge in [0.05, 0.1) is 0 Å². The molecule has 0 unspecified atom stereocenters. The van der Waals surface area contributed by atoms with Gasteiger partial charge < -0.3 is 14.8 Å².